The number of fused-ring (bicyclic) bond motifs is 1. The third kappa shape index (κ3) is 1.60. The van der Waals surface area contributed by atoms with Gasteiger partial charge < -0.3 is 9.67 Å². The van der Waals surface area contributed by atoms with Crippen LogP contribution in [0.15, 0.2) is 0 Å². The lowest BCUT2D eigenvalue weighted by Crippen LogP contribution is -2.37. The zero-order chi connectivity index (χ0) is 10.1. The van der Waals surface area contributed by atoms with Crippen LogP contribution < -0.4 is 0 Å². The molecular formula is C8H12N4O2. The van der Waals surface area contributed by atoms with Gasteiger partial charge in [0, 0.05) is 13.1 Å². The Morgan fingerprint density at radius 2 is 2.29 bits per heavy atom. The minimum absolute atomic E-state index is 0.0753. The molecule has 6 nitrogen and oxygen atoms in total. The number of carboxylic acids is 1. The van der Waals surface area contributed by atoms with E-state index in [4.69, 9.17) is 5.11 Å². The zero-order valence-corrected chi connectivity index (χ0v) is 7.97. The lowest BCUT2D eigenvalue weighted by molar-refractivity contribution is -0.138. The predicted octanol–water partition coefficient (Wildman–Crippen LogP) is -0.513. The monoisotopic (exact) mass is 196 g/mol. The van der Waals surface area contributed by atoms with Crippen molar-refractivity contribution in [2.24, 2.45) is 0 Å². The molecule has 0 radical (unpaired) electrons. The number of hydrogen-bond acceptors (Lipinski definition) is 4. The van der Waals surface area contributed by atoms with E-state index in [1.807, 2.05) is 16.4 Å². The van der Waals surface area contributed by atoms with Gasteiger partial charge in [-0.05, 0) is 6.92 Å². The summed E-state index contributed by atoms with van der Waals surface area (Å²) in [6.07, 6.45) is 0. The Morgan fingerprint density at radius 1 is 1.50 bits per heavy atom. The second kappa shape index (κ2) is 3.38. The number of aliphatic carboxylic acids is 1. The molecule has 14 heavy (non-hydrogen) atoms. The van der Waals surface area contributed by atoms with Crippen molar-refractivity contribution in [3.05, 3.63) is 11.6 Å². The molecule has 0 spiro atoms. The zero-order valence-electron chi connectivity index (χ0n) is 7.97. The summed E-state index contributed by atoms with van der Waals surface area (Å²) < 4.78 is 2.03. The van der Waals surface area contributed by atoms with Crippen LogP contribution in [0, 0.1) is 6.92 Å². The molecule has 0 unspecified atom stereocenters. The number of rotatable bonds is 2. The fourth-order valence-electron chi connectivity index (χ4n) is 1.68. The van der Waals surface area contributed by atoms with E-state index in [0.717, 1.165) is 24.7 Å². The number of aryl methyl sites for hydroxylation is 1. The maximum Gasteiger partial charge on any atom is 0.317 e. The van der Waals surface area contributed by atoms with Gasteiger partial charge in [-0.15, -0.1) is 10.2 Å². The highest BCUT2D eigenvalue weighted by molar-refractivity contribution is 5.69. The summed E-state index contributed by atoms with van der Waals surface area (Å²) in [4.78, 5) is 12.4. The smallest absolute Gasteiger partial charge is 0.317 e. The first-order valence-electron chi connectivity index (χ1n) is 4.49. The van der Waals surface area contributed by atoms with E-state index in [9.17, 15) is 4.79 Å². The molecule has 2 rings (SSSR count). The first kappa shape index (κ1) is 9.14. The predicted molar refractivity (Wildman–Crippen MR) is 47.7 cm³/mol. The summed E-state index contributed by atoms with van der Waals surface area (Å²) in [5, 5.41) is 16.6. The van der Waals surface area contributed by atoms with Gasteiger partial charge in [0.05, 0.1) is 13.1 Å². The summed E-state index contributed by atoms with van der Waals surface area (Å²) in [5.41, 5.74) is 0. The minimum atomic E-state index is -0.797. The summed E-state index contributed by atoms with van der Waals surface area (Å²) in [7, 11) is 0. The summed E-state index contributed by atoms with van der Waals surface area (Å²) in [5.74, 6) is 0.958. The molecule has 76 valence electrons. The van der Waals surface area contributed by atoms with Crippen LogP contribution in [0.5, 0.6) is 0 Å². The van der Waals surface area contributed by atoms with E-state index in [-0.39, 0.29) is 6.54 Å². The van der Waals surface area contributed by atoms with E-state index in [1.54, 1.807) is 0 Å². The van der Waals surface area contributed by atoms with Gasteiger partial charge in [-0.2, -0.15) is 0 Å². The molecule has 0 aromatic carbocycles. The number of carboxylic acid groups (broad SMARTS) is 1. The largest absolute Gasteiger partial charge is 0.480 e. The van der Waals surface area contributed by atoms with Crippen molar-refractivity contribution >= 4 is 5.97 Å². The van der Waals surface area contributed by atoms with E-state index in [2.05, 4.69) is 10.2 Å². The Balaban J connectivity index is 2.10. The second-order valence-corrected chi connectivity index (χ2v) is 3.42. The van der Waals surface area contributed by atoms with Gasteiger partial charge >= 0.3 is 5.97 Å². The van der Waals surface area contributed by atoms with E-state index in [0.29, 0.717) is 6.54 Å². The molecule has 0 saturated carbocycles. The third-order valence-electron chi connectivity index (χ3n) is 2.38. The average Bonchev–Trinajstić information content (AvgIpc) is 2.46. The highest BCUT2D eigenvalue weighted by Crippen LogP contribution is 2.10. The van der Waals surface area contributed by atoms with Crippen LogP contribution in [0.3, 0.4) is 0 Å². The lowest BCUT2D eigenvalue weighted by Gasteiger charge is -2.25. The second-order valence-electron chi connectivity index (χ2n) is 3.42. The van der Waals surface area contributed by atoms with Crippen molar-refractivity contribution in [3.8, 4) is 0 Å². The highest BCUT2D eigenvalue weighted by Gasteiger charge is 2.20. The SMILES string of the molecule is Cc1nnc2n1CCN(CC(=O)O)C2. The molecule has 2 heterocycles. The van der Waals surface area contributed by atoms with E-state index in [1.165, 1.54) is 0 Å². The van der Waals surface area contributed by atoms with Crippen LogP contribution >= 0.6 is 0 Å². The average molecular weight is 196 g/mol. The highest BCUT2D eigenvalue weighted by atomic mass is 16.4. The maximum atomic E-state index is 10.5. The Bertz CT molecular complexity index is 360. The molecule has 0 saturated heterocycles. The molecule has 1 aromatic heterocycles. The lowest BCUT2D eigenvalue weighted by atomic mass is 10.3. The number of hydrogen-bond donors (Lipinski definition) is 1. The van der Waals surface area contributed by atoms with Crippen molar-refractivity contribution < 1.29 is 9.90 Å². The van der Waals surface area contributed by atoms with Crippen LogP contribution in [0.25, 0.3) is 0 Å². The van der Waals surface area contributed by atoms with E-state index < -0.39 is 5.97 Å². The van der Waals surface area contributed by atoms with Gasteiger partial charge in [0.25, 0.3) is 0 Å². The normalized spacial score (nSPS) is 16.6. The minimum Gasteiger partial charge on any atom is -0.480 e. The van der Waals surface area contributed by atoms with Crippen molar-refractivity contribution in [2.75, 3.05) is 13.1 Å². The summed E-state index contributed by atoms with van der Waals surface area (Å²) >= 11 is 0. The van der Waals surface area contributed by atoms with Gasteiger partial charge in [0.2, 0.25) is 0 Å². The van der Waals surface area contributed by atoms with Crippen LogP contribution in [0.1, 0.15) is 11.6 Å². The van der Waals surface area contributed by atoms with Crippen molar-refractivity contribution in [2.45, 2.75) is 20.0 Å². The van der Waals surface area contributed by atoms with Gasteiger partial charge in [0.1, 0.15) is 11.6 Å². The van der Waals surface area contributed by atoms with Gasteiger partial charge in [-0.1, -0.05) is 0 Å². The quantitative estimate of drug-likeness (QED) is 0.689. The molecule has 1 N–H and O–H groups in total. The molecule has 1 aliphatic heterocycles. The summed E-state index contributed by atoms with van der Waals surface area (Å²) in [6.45, 7) is 4.09. The van der Waals surface area contributed by atoms with Gasteiger partial charge in [-0.25, -0.2) is 0 Å². The molecule has 1 aromatic rings. The maximum absolute atomic E-state index is 10.5. The number of aromatic nitrogens is 3. The molecule has 0 bridgehead atoms. The molecule has 0 atom stereocenters. The van der Waals surface area contributed by atoms with Crippen molar-refractivity contribution in [1.29, 1.82) is 0 Å². The fraction of sp³-hybridized carbons (Fsp3) is 0.625. The number of carbonyl (C=O) groups is 1. The molecule has 0 aliphatic carbocycles. The van der Waals surface area contributed by atoms with E-state index >= 15 is 0 Å². The third-order valence-corrected chi connectivity index (χ3v) is 2.38. The topological polar surface area (TPSA) is 71.2 Å². The molecular weight excluding hydrogens is 184 g/mol. The van der Waals surface area contributed by atoms with Crippen LogP contribution in [-0.4, -0.2) is 43.8 Å². The van der Waals surface area contributed by atoms with Gasteiger partial charge in [0.15, 0.2) is 0 Å². The fourth-order valence-corrected chi connectivity index (χ4v) is 1.68. The summed E-state index contributed by atoms with van der Waals surface area (Å²) in [6, 6.07) is 0. The Hall–Kier alpha value is -1.43. The Morgan fingerprint density at radius 3 is 3.00 bits per heavy atom. The molecule has 0 amide bonds. The van der Waals surface area contributed by atoms with Crippen molar-refractivity contribution in [1.82, 2.24) is 19.7 Å². The molecule has 6 heteroatoms. The van der Waals surface area contributed by atoms with Crippen LogP contribution in [0.2, 0.25) is 0 Å². The number of nitrogens with zero attached hydrogens (tertiary/aromatic N) is 4. The van der Waals surface area contributed by atoms with Crippen LogP contribution in [-0.2, 0) is 17.9 Å². The molecule has 0 fully saturated rings. The first-order valence-corrected chi connectivity index (χ1v) is 4.49. The van der Waals surface area contributed by atoms with Crippen molar-refractivity contribution in [3.63, 3.8) is 0 Å². The van der Waals surface area contributed by atoms with Gasteiger partial charge in [-0.3, -0.25) is 9.69 Å². The Kier molecular flexibility index (Phi) is 2.20. The molecule has 1 aliphatic rings. The van der Waals surface area contributed by atoms with Crippen LogP contribution in [0.4, 0.5) is 0 Å². The standard InChI is InChI=1S/C8H12N4O2/c1-6-9-10-7-4-11(5-8(13)14)2-3-12(6)7/h2-5H2,1H3,(H,13,14). The first-order chi connectivity index (χ1) is 6.66. The Labute approximate surface area is 81.2 Å².